The molecule has 5 nitrogen and oxygen atoms in total. The van der Waals surface area contributed by atoms with Gasteiger partial charge in [0.1, 0.15) is 5.82 Å². The summed E-state index contributed by atoms with van der Waals surface area (Å²) in [4.78, 5) is 16.9. The van der Waals surface area contributed by atoms with Gasteiger partial charge < -0.3 is 15.4 Å². The molecule has 1 aliphatic rings. The number of ether oxygens (including phenoxy) is 1. The van der Waals surface area contributed by atoms with Crippen LogP contribution in [0.2, 0.25) is 0 Å². The number of rotatable bonds is 5. The Morgan fingerprint density at radius 1 is 1.25 bits per heavy atom. The highest BCUT2D eigenvalue weighted by Crippen LogP contribution is 2.26. The van der Waals surface area contributed by atoms with E-state index in [1.54, 1.807) is 25.4 Å². The molecule has 24 heavy (non-hydrogen) atoms. The van der Waals surface area contributed by atoms with Crippen LogP contribution in [-0.2, 0) is 4.74 Å². The van der Waals surface area contributed by atoms with Crippen molar-refractivity contribution < 1.29 is 9.53 Å². The monoisotopic (exact) mass is 389 g/mol. The van der Waals surface area contributed by atoms with Gasteiger partial charge in [-0.15, -0.1) is 0 Å². The first kappa shape index (κ1) is 16.9. The van der Waals surface area contributed by atoms with Crippen LogP contribution in [-0.4, -0.2) is 30.1 Å². The Hall–Kier alpha value is -1.92. The molecule has 1 amide bonds. The SMILES string of the molecule is COC1CCC(Nc2ncccc2C(=O)Nc2ccc(Br)cc2)C1. The first-order valence-electron chi connectivity index (χ1n) is 7.97. The van der Waals surface area contributed by atoms with Crippen LogP contribution in [0.4, 0.5) is 11.5 Å². The number of pyridine rings is 1. The average molecular weight is 390 g/mol. The summed E-state index contributed by atoms with van der Waals surface area (Å²) in [6.45, 7) is 0. The summed E-state index contributed by atoms with van der Waals surface area (Å²) >= 11 is 3.38. The zero-order valence-corrected chi connectivity index (χ0v) is 15.0. The highest BCUT2D eigenvalue weighted by atomic mass is 79.9. The van der Waals surface area contributed by atoms with Crippen LogP contribution >= 0.6 is 15.9 Å². The van der Waals surface area contributed by atoms with Gasteiger partial charge in [0.15, 0.2) is 0 Å². The lowest BCUT2D eigenvalue weighted by molar-refractivity contribution is 0.102. The van der Waals surface area contributed by atoms with Crippen molar-refractivity contribution in [1.29, 1.82) is 0 Å². The lowest BCUT2D eigenvalue weighted by Gasteiger charge is -2.16. The number of carbonyl (C=O) groups excluding carboxylic acids is 1. The van der Waals surface area contributed by atoms with E-state index in [0.717, 1.165) is 29.4 Å². The van der Waals surface area contributed by atoms with Gasteiger partial charge in [-0.3, -0.25) is 4.79 Å². The summed E-state index contributed by atoms with van der Waals surface area (Å²) in [5.74, 6) is 0.447. The van der Waals surface area contributed by atoms with E-state index in [4.69, 9.17) is 4.74 Å². The van der Waals surface area contributed by atoms with Crippen LogP contribution in [0.15, 0.2) is 47.1 Å². The van der Waals surface area contributed by atoms with Crippen LogP contribution in [0.25, 0.3) is 0 Å². The van der Waals surface area contributed by atoms with Gasteiger partial charge in [0.05, 0.1) is 11.7 Å². The van der Waals surface area contributed by atoms with Crippen molar-refractivity contribution in [3.05, 3.63) is 52.6 Å². The van der Waals surface area contributed by atoms with Crippen molar-refractivity contribution in [3.8, 4) is 0 Å². The molecule has 1 aromatic carbocycles. The minimum atomic E-state index is -0.172. The number of nitrogens with one attached hydrogen (secondary N) is 2. The fraction of sp³-hybridized carbons (Fsp3) is 0.333. The smallest absolute Gasteiger partial charge is 0.259 e. The predicted molar refractivity (Wildman–Crippen MR) is 98.4 cm³/mol. The van der Waals surface area contributed by atoms with Crippen molar-refractivity contribution >= 4 is 33.3 Å². The number of halogens is 1. The lowest BCUT2D eigenvalue weighted by atomic mass is 10.2. The molecule has 0 saturated heterocycles. The van der Waals surface area contributed by atoms with E-state index in [1.165, 1.54) is 0 Å². The van der Waals surface area contributed by atoms with Crippen molar-refractivity contribution in [2.45, 2.75) is 31.4 Å². The number of benzene rings is 1. The van der Waals surface area contributed by atoms with Gasteiger partial charge in [0.2, 0.25) is 0 Å². The molecule has 2 N–H and O–H groups in total. The number of amides is 1. The molecule has 0 radical (unpaired) electrons. The Morgan fingerprint density at radius 3 is 2.75 bits per heavy atom. The third-order valence-corrected chi connectivity index (χ3v) is 4.74. The maximum absolute atomic E-state index is 12.6. The number of nitrogens with zero attached hydrogens (tertiary/aromatic N) is 1. The maximum atomic E-state index is 12.6. The summed E-state index contributed by atoms with van der Waals surface area (Å²) in [5.41, 5.74) is 1.29. The van der Waals surface area contributed by atoms with Crippen molar-refractivity contribution in [2.24, 2.45) is 0 Å². The molecule has 0 spiro atoms. The number of hydrogen-bond acceptors (Lipinski definition) is 4. The zero-order valence-electron chi connectivity index (χ0n) is 13.5. The predicted octanol–water partition coefficient (Wildman–Crippen LogP) is 4.08. The second-order valence-electron chi connectivity index (χ2n) is 5.87. The fourth-order valence-electron chi connectivity index (χ4n) is 2.91. The van der Waals surface area contributed by atoms with Gasteiger partial charge in [0.25, 0.3) is 5.91 Å². The molecule has 2 unspecified atom stereocenters. The molecular weight excluding hydrogens is 370 g/mol. The zero-order chi connectivity index (χ0) is 16.9. The molecule has 126 valence electrons. The molecule has 1 aromatic heterocycles. The van der Waals surface area contributed by atoms with Crippen LogP contribution < -0.4 is 10.6 Å². The number of aromatic nitrogens is 1. The van der Waals surface area contributed by atoms with Gasteiger partial charge in [-0.05, 0) is 55.7 Å². The van der Waals surface area contributed by atoms with E-state index < -0.39 is 0 Å². The Morgan fingerprint density at radius 2 is 2.04 bits per heavy atom. The first-order chi connectivity index (χ1) is 11.7. The Kier molecular flexibility index (Phi) is 5.48. The number of carbonyl (C=O) groups is 1. The van der Waals surface area contributed by atoms with Crippen LogP contribution in [0.3, 0.4) is 0 Å². The van der Waals surface area contributed by atoms with Crippen molar-refractivity contribution in [1.82, 2.24) is 4.98 Å². The van der Waals surface area contributed by atoms with Gasteiger partial charge in [0, 0.05) is 29.5 Å². The van der Waals surface area contributed by atoms with Crippen LogP contribution in [0, 0.1) is 0 Å². The minimum absolute atomic E-state index is 0.172. The quantitative estimate of drug-likeness (QED) is 0.808. The molecule has 6 heteroatoms. The average Bonchev–Trinajstić information content (AvgIpc) is 3.05. The molecule has 3 rings (SSSR count). The second kappa shape index (κ2) is 7.77. The summed E-state index contributed by atoms with van der Waals surface area (Å²) < 4.78 is 6.37. The molecule has 0 aliphatic heterocycles. The number of anilines is 2. The molecule has 1 heterocycles. The number of methoxy groups -OCH3 is 1. The third kappa shape index (κ3) is 4.13. The van der Waals surface area contributed by atoms with Gasteiger partial charge >= 0.3 is 0 Å². The van der Waals surface area contributed by atoms with E-state index in [-0.39, 0.29) is 18.1 Å². The molecule has 1 fully saturated rings. The van der Waals surface area contributed by atoms with E-state index in [2.05, 4.69) is 31.5 Å². The molecule has 1 aliphatic carbocycles. The third-order valence-electron chi connectivity index (χ3n) is 4.21. The number of hydrogen-bond donors (Lipinski definition) is 2. The second-order valence-corrected chi connectivity index (χ2v) is 6.79. The highest BCUT2D eigenvalue weighted by molar-refractivity contribution is 9.10. The summed E-state index contributed by atoms with van der Waals surface area (Å²) in [7, 11) is 1.74. The van der Waals surface area contributed by atoms with Crippen molar-refractivity contribution in [3.63, 3.8) is 0 Å². The standard InChI is InChI=1S/C18H20BrN3O2/c1-24-15-9-8-14(11-15)21-17-16(3-2-10-20-17)18(23)22-13-6-4-12(19)5-7-13/h2-7,10,14-15H,8-9,11H2,1H3,(H,20,21)(H,22,23). The highest BCUT2D eigenvalue weighted by Gasteiger charge is 2.25. The Balaban J connectivity index is 1.71. The molecule has 2 aromatic rings. The van der Waals surface area contributed by atoms with E-state index >= 15 is 0 Å². The summed E-state index contributed by atoms with van der Waals surface area (Å²) in [6.07, 6.45) is 4.96. The van der Waals surface area contributed by atoms with Crippen LogP contribution in [0.5, 0.6) is 0 Å². The van der Waals surface area contributed by atoms with E-state index in [1.807, 2.05) is 24.3 Å². The van der Waals surface area contributed by atoms with Crippen LogP contribution in [0.1, 0.15) is 29.6 Å². The largest absolute Gasteiger partial charge is 0.381 e. The van der Waals surface area contributed by atoms with Crippen molar-refractivity contribution in [2.75, 3.05) is 17.7 Å². The Labute approximate surface area is 149 Å². The molecule has 1 saturated carbocycles. The maximum Gasteiger partial charge on any atom is 0.259 e. The van der Waals surface area contributed by atoms with Gasteiger partial charge in [-0.1, -0.05) is 15.9 Å². The van der Waals surface area contributed by atoms with E-state index in [9.17, 15) is 4.79 Å². The first-order valence-corrected chi connectivity index (χ1v) is 8.76. The molecule has 0 bridgehead atoms. The molecular formula is C18H20BrN3O2. The lowest BCUT2D eigenvalue weighted by Crippen LogP contribution is -2.22. The normalized spacial score (nSPS) is 19.9. The molecule has 2 atom stereocenters. The van der Waals surface area contributed by atoms with Gasteiger partial charge in [-0.2, -0.15) is 0 Å². The Bertz CT molecular complexity index is 706. The summed E-state index contributed by atoms with van der Waals surface area (Å²) in [5, 5.41) is 6.30. The fourth-order valence-corrected chi connectivity index (χ4v) is 3.18. The summed E-state index contributed by atoms with van der Waals surface area (Å²) in [6, 6.07) is 11.3. The van der Waals surface area contributed by atoms with Gasteiger partial charge in [-0.25, -0.2) is 4.98 Å². The minimum Gasteiger partial charge on any atom is -0.381 e. The topological polar surface area (TPSA) is 63.2 Å². The van der Waals surface area contributed by atoms with E-state index in [0.29, 0.717) is 11.4 Å².